The molecular weight excluding hydrogens is 422 g/mol. The molecule has 3 N–H and O–H groups in total. The van der Waals surface area contributed by atoms with Crippen LogP contribution in [0, 0.1) is 0 Å². The minimum Gasteiger partial charge on any atom is -0.347 e. The van der Waals surface area contributed by atoms with Crippen molar-refractivity contribution in [2.75, 3.05) is 6.54 Å². The zero-order valence-electron chi connectivity index (χ0n) is 19.5. The number of carbonyl (C=O) groups excluding carboxylic acids is 2. The van der Waals surface area contributed by atoms with Gasteiger partial charge in [0.05, 0.1) is 6.04 Å². The largest absolute Gasteiger partial charge is 0.347 e. The summed E-state index contributed by atoms with van der Waals surface area (Å²) in [5.41, 5.74) is 11.1. The van der Waals surface area contributed by atoms with Crippen LogP contribution in [0.15, 0.2) is 78.9 Å². The number of likely N-dealkylation sites (tertiary alicyclic amines) is 1. The minimum absolute atomic E-state index is 0.0147. The molecule has 0 radical (unpaired) electrons. The molecule has 34 heavy (non-hydrogen) atoms. The van der Waals surface area contributed by atoms with Crippen molar-refractivity contribution in [3.63, 3.8) is 0 Å². The predicted molar refractivity (Wildman–Crippen MR) is 133 cm³/mol. The minimum atomic E-state index is -0.554. The zero-order chi connectivity index (χ0) is 23.7. The molecule has 5 nitrogen and oxygen atoms in total. The Morgan fingerprint density at radius 2 is 1.74 bits per heavy atom. The number of hydrogen-bond donors (Lipinski definition) is 2. The SMILES string of the molecule is CC(N)c1cccc(C(=O)N2CCC(c3ccccc3)C2C(=O)NC2CCc3ccccc32)c1. The van der Waals surface area contributed by atoms with E-state index in [1.54, 1.807) is 4.90 Å². The standard InChI is InChI=1S/C29H31N3O2/c1-19(30)22-11-7-12-23(18-22)29(34)32-17-16-25(20-8-3-2-4-9-20)27(32)28(33)31-26-15-14-21-10-5-6-13-24(21)26/h2-13,18-19,25-27H,14-17,30H2,1H3,(H,31,33). The molecular formula is C29H31N3O2. The van der Waals surface area contributed by atoms with Crippen molar-refractivity contribution in [2.24, 2.45) is 5.73 Å². The average Bonchev–Trinajstić information content (AvgIpc) is 3.49. The fourth-order valence-electron chi connectivity index (χ4n) is 5.48. The molecule has 174 valence electrons. The van der Waals surface area contributed by atoms with Crippen LogP contribution in [0.2, 0.25) is 0 Å². The molecule has 2 aliphatic rings. The number of hydrogen-bond acceptors (Lipinski definition) is 3. The van der Waals surface area contributed by atoms with Crippen LogP contribution in [-0.4, -0.2) is 29.3 Å². The summed E-state index contributed by atoms with van der Waals surface area (Å²) in [6, 6.07) is 25.1. The first kappa shape index (κ1) is 22.4. The Balaban J connectivity index is 1.45. The highest BCUT2D eigenvalue weighted by Crippen LogP contribution is 2.37. The summed E-state index contributed by atoms with van der Waals surface area (Å²) < 4.78 is 0. The number of rotatable bonds is 5. The molecule has 1 fully saturated rings. The predicted octanol–water partition coefficient (Wildman–Crippen LogP) is 4.51. The molecule has 1 aliphatic heterocycles. The van der Waals surface area contributed by atoms with Crippen LogP contribution in [0.1, 0.15) is 70.4 Å². The molecule has 0 bridgehead atoms. The van der Waals surface area contributed by atoms with Gasteiger partial charge in [-0.2, -0.15) is 0 Å². The van der Waals surface area contributed by atoms with E-state index in [0.29, 0.717) is 12.1 Å². The van der Waals surface area contributed by atoms with Crippen molar-refractivity contribution < 1.29 is 9.59 Å². The summed E-state index contributed by atoms with van der Waals surface area (Å²) in [5, 5.41) is 3.29. The third kappa shape index (κ3) is 4.24. The lowest BCUT2D eigenvalue weighted by atomic mass is 9.90. The summed E-state index contributed by atoms with van der Waals surface area (Å²) in [7, 11) is 0. The number of nitrogens with one attached hydrogen (secondary N) is 1. The van der Waals surface area contributed by atoms with Gasteiger partial charge >= 0.3 is 0 Å². The van der Waals surface area contributed by atoms with E-state index in [9.17, 15) is 9.59 Å². The Hall–Kier alpha value is -3.44. The lowest BCUT2D eigenvalue weighted by molar-refractivity contribution is -0.126. The van der Waals surface area contributed by atoms with Gasteiger partial charge in [-0.25, -0.2) is 0 Å². The van der Waals surface area contributed by atoms with E-state index in [1.165, 1.54) is 11.1 Å². The van der Waals surface area contributed by atoms with Crippen molar-refractivity contribution in [2.45, 2.75) is 50.2 Å². The summed E-state index contributed by atoms with van der Waals surface area (Å²) in [4.78, 5) is 29.2. The van der Waals surface area contributed by atoms with Gasteiger partial charge in [0, 0.05) is 24.1 Å². The lowest BCUT2D eigenvalue weighted by Gasteiger charge is -2.29. The number of nitrogens with zero attached hydrogens (tertiary/aromatic N) is 1. The van der Waals surface area contributed by atoms with Gasteiger partial charge in [-0.3, -0.25) is 9.59 Å². The highest BCUT2D eigenvalue weighted by Gasteiger charge is 2.43. The van der Waals surface area contributed by atoms with Crippen molar-refractivity contribution in [1.29, 1.82) is 0 Å². The molecule has 4 unspecified atom stereocenters. The van der Waals surface area contributed by atoms with E-state index >= 15 is 0 Å². The van der Waals surface area contributed by atoms with Crippen LogP contribution in [-0.2, 0) is 11.2 Å². The Labute approximate surface area is 201 Å². The second-order valence-electron chi connectivity index (χ2n) is 9.46. The normalized spacial score (nSPS) is 22.3. The number of fused-ring (bicyclic) bond motifs is 1. The molecule has 1 saturated heterocycles. The second kappa shape index (κ2) is 9.43. The third-order valence-corrected chi connectivity index (χ3v) is 7.26. The van der Waals surface area contributed by atoms with Gasteiger partial charge in [-0.05, 0) is 60.6 Å². The van der Waals surface area contributed by atoms with Crippen LogP contribution in [0.25, 0.3) is 0 Å². The van der Waals surface area contributed by atoms with Crippen LogP contribution in [0.5, 0.6) is 0 Å². The van der Waals surface area contributed by atoms with Gasteiger partial charge in [0.2, 0.25) is 5.91 Å². The number of benzene rings is 3. The fraction of sp³-hybridized carbons (Fsp3) is 0.310. The van der Waals surface area contributed by atoms with Crippen molar-refractivity contribution in [3.05, 3.63) is 107 Å². The molecule has 1 heterocycles. The molecule has 5 rings (SSSR count). The lowest BCUT2D eigenvalue weighted by Crippen LogP contribution is -2.48. The maximum Gasteiger partial charge on any atom is 0.254 e. The van der Waals surface area contributed by atoms with Gasteiger partial charge in [-0.15, -0.1) is 0 Å². The van der Waals surface area contributed by atoms with Crippen LogP contribution in [0.4, 0.5) is 0 Å². The number of amides is 2. The molecule has 5 heteroatoms. The summed E-state index contributed by atoms with van der Waals surface area (Å²) >= 11 is 0. The molecule has 1 aliphatic carbocycles. The Morgan fingerprint density at radius 1 is 0.971 bits per heavy atom. The molecule has 3 aromatic rings. The van der Waals surface area contributed by atoms with Crippen LogP contribution in [0.3, 0.4) is 0 Å². The second-order valence-corrected chi connectivity index (χ2v) is 9.46. The maximum absolute atomic E-state index is 13.8. The van der Waals surface area contributed by atoms with Gasteiger partial charge < -0.3 is 16.0 Å². The van der Waals surface area contributed by atoms with Crippen LogP contribution >= 0.6 is 0 Å². The first-order valence-corrected chi connectivity index (χ1v) is 12.1. The fourth-order valence-corrected chi connectivity index (χ4v) is 5.48. The summed E-state index contributed by atoms with van der Waals surface area (Å²) in [5.74, 6) is -0.240. The van der Waals surface area contributed by atoms with E-state index in [-0.39, 0.29) is 29.8 Å². The zero-order valence-corrected chi connectivity index (χ0v) is 19.5. The Morgan fingerprint density at radius 3 is 2.53 bits per heavy atom. The first-order chi connectivity index (χ1) is 16.5. The van der Waals surface area contributed by atoms with Crippen LogP contribution < -0.4 is 11.1 Å². The topological polar surface area (TPSA) is 75.4 Å². The van der Waals surface area contributed by atoms with Crippen molar-refractivity contribution in [1.82, 2.24) is 10.2 Å². The number of nitrogens with two attached hydrogens (primary N) is 1. The molecule has 4 atom stereocenters. The monoisotopic (exact) mass is 453 g/mol. The average molecular weight is 454 g/mol. The molecule has 0 saturated carbocycles. The van der Waals surface area contributed by atoms with E-state index in [1.807, 2.05) is 61.5 Å². The third-order valence-electron chi connectivity index (χ3n) is 7.26. The van der Waals surface area contributed by atoms with E-state index < -0.39 is 6.04 Å². The van der Waals surface area contributed by atoms with E-state index in [4.69, 9.17) is 5.73 Å². The van der Waals surface area contributed by atoms with Crippen molar-refractivity contribution >= 4 is 11.8 Å². The smallest absolute Gasteiger partial charge is 0.254 e. The molecule has 0 spiro atoms. The number of carbonyl (C=O) groups is 2. The summed E-state index contributed by atoms with van der Waals surface area (Å²) in [6.07, 6.45) is 2.60. The van der Waals surface area contributed by atoms with E-state index in [0.717, 1.165) is 30.4 Å². The quantitative estimate of drug-likeness (QED) is 0.597. The molecule has 3 aromatic carbocycles. The Kier molecular flexibility index (Phi) is 6.20. The highest BCUT2D eigenvalue weighted by atomic mass is 16.2. The van der Waals surface area contributed by atoms with Gasteiger partial charge in [0.1, 0.15) is 6.04 Å². The van der Waals surface area contributed by atoms with E-state index in [2.05, 4.69) is 29.6 Å². The molecule has 2 amide bonds. The van der Waals surface area contributed by atoms with Crippen molar-refractivity contribution in [3.8, 4) is 0 Å². The maximum atomic E-state index is 13.8. The summed E-state index contributed by atoms with van der Waals surface area (Å²) in [6.45, 7) is 2.45. The van der Waals surface area contributed by atoms with Gasteiger partial charge in [0.25, 0.3) is 5.91 Å². The molecule has 0 aromatic heterocycles. The van der Waals surface area contributed by atoms with Gasteiger partial charge in [-0.1, -0.05) is 66.7 Å². The van der Waals surface area contributed by atoms with Gasteiger partial charge in [0.15, 0.2) is 0 Å². The number of aryl methyl sites for hydroxylation is 1. The first-order valence-electron chi connectivity index (χ1n) is 12.1. The highest BCUT2D eigenvalue weighted by molar-refractivity contribution is 5.98. The Bertz CT molecular complexity index is 1190.